The molecule has 4 rings (SSSR count). The van der Waals surface area contributed by atoms with Gasteiger partial charge >= 0.3 is 0 Å². The predicted molar refractivity (Wildman–Crippen MR) is 67.5 cm³/mol. The van der Waals surface area contributed by atoms with Gasteiger partial charge in [0.15, 0.2) is 0 Å². The van der Waals surface area contributed by atoms with Crippen molar-refractivity contribution < 1.29 is 0 Å². The van der Waals surface area contributed by atoms with Crippen LogP contribution in [0.5, 0.6) is 0 Å². The highest BCUT2D eigenvalue weighted by molar-refractivity contribution is 5.32. The fourth-order valence-electron chi connectivity index (χ4n) is 3.24. The molecule has 3 aliphatic rings. The summed E-state index contributed by atoms with van der Waals surface area (Å²) in [5.41, 5.74) is 2.08. The standard InChI is InChI=1S/C15H18N2/c16-9-13-3-1-2-12(6-13)4-5-17-10-14-7-15(8-14)11-17/h1-3,6,14-15H,4-5,7-8,10-11H2. The summed E-state index contributed by atoms with van der Waals surface area (Å²) in [7, 11) is 0. The molecule has 88 valence electrons. The van der Waals surface area contributed by atoms with Gasteiger partial charge in [0.1, 0.15) is 0 Å². The Kier molecular flexibility index (Phi) is 2.86. The Balaban J connectivity index is 1.55. The Bertz CT molecular complexity index is 430. The molecule has 2 bridgehead atoms. The summed E-state index contributed by atoms with van der Waals surface area (Å²) >= 11 is 0. The molecule has 0 spiro atoms. The van der Waals surface area contributed by atoms with E-state index in [1.165, 1.54) is 31.5 Å². The van der Waals surface area contributed by atoms with E-state index in [2.05, 4.69) is 17.0 Å². The molecule has 0 amide bonds. The van der Waals surface area contributed by atoms with Crippen LogP contribution in [0.3, 0.4) is 0 Å². The third-order valence-corrected chi connectivity index (χ3v) is 4.14. The summed E-state index contributed by atoms with van der Waals surface area (Å²) in [5, 5.41) is 8.86. The third-order valence-electron chi connectivity index (χ3n) is 4.14. The number of nitrogens with zero attached hydrogens (tertiary/aromatic N) is 2. The number of benzene rings is 1. The second-order valence-electron chi connectivity index (χ2n) is 5.53. The fourth-order valence-corrected chi connectivity index (χ4v) is 3.24. The lowest BCUT2D eigenvalue weighted by atomic mass is 9.71. The van der Waals surface area contributed by atoms with Crippen molar-refractivity contribution >= 4 is 0 Å². The molecule has 1 aromatic rings. The van der Waals surface area contributed by atoms with E-state index in [1.807, 2.05) is 18.2 Å². The van der Waals surface area contributed by atoms with Gasteiger partial charge in [-0.2, -0.15) is 5.26 Å². The maximum Gasteiger partial charge on any atom is 0.0991 e. The average molecular weight is 226 g/mol. The largest absolute Gasteiger partial charge is 0.302 e. The summed E-state index contributed by atoms with van der Waals surface area (Å²) in [4.78, 5) is 2.60. The van der Waals surface area contributed by atoms with E-state index in [4.69, 9.17) is 5.26 Å². The molecule has 2 heteroatoms. The van der Waals surface area contributed by atoms with Crippen LogP contribution in [0.2, 0.25) is 0 Å². The first kappa shape index (κ1) is 10.8. The predicted octanol–water partition coefficient (Wildman–Crippen LogP) is 2.44. The summed E-state index contributed by atoms with van der Waals surface area (Å²) in [6, 6.07) is 10.2. The van der Waals surface area contributed by atoms with Gasteiger partial charge in [0.2, 0.25) is 0 Å². The molecule has 2 nitrogen and oxygen atoms in total. The first-order valence-electron chi connectivity index (χ1n) is 6.55. The monoisotopic (exact) mass is 226 g/mol. The zero-order valence-electron chi connectivity index (χ0n) is 10.1. The Morgan fingerprint density at radius 1 is 1.24 bits per heavy atom. The van der Waals surface area contributed by atoms with Crippen molar-refractivity contribution in [3.8, 4) is 6.07 Å². The Morgan fingerprint density at radius 3 is 2.71 bits per heavy atom. The molecule has 2 aliphatic heterocycles. The van der Waals surface area contributed by atoms with E-state index in [-0.39, 0.29) is 0 Å². The first-order valence-corrected chi connectivity index (χ1v) is 6.55. The molecule has 2 saturated heterocycles. The van der Waals surface area contributed by atoms with Crippen molar-refractivity contribution in [2.24, 2.45) is 11.8 Å². The minimum Gasteiger partial charge on any atom is -0.302 e. The van der Waals surface area contributed by atoms with Crippen LogP contribution in [0.25, 0.3) is 0 Å². The minimum atomic E-state index is 0.781. The van der Waals surface area contributed by atoms with Crippen molar-refractivity contribution in [3.63, 3.8) is 0 Å². The zero-order valence-corrected chi connectivity index (χ0v) is 10.1. The van der Waals surface area contributed by atoms with Crippen molar-refractivity contribution in [2.45, 2.75) is 19.3 Å². The van der Waals surface area contributed by atoms with Crippen LogP contribution in [-0.4, -0.2) is 24.5 Å². The minimum absolute atomic E-state index is 0.781. The van der Waals surface area contributed by atoms with Crippen molar-refractivity contribution in [3.05, 3.63) is 35.4 Å². The van der Waals surface area contributed by atoms with Gasteiger partial charge in [0.05, 0.1) is 11.6 Å². The number of nitriles is 1. The van der Waals surface area contributed by atoms with E-state index < -0.39 is 0 Å². The lowest BCUT2D eigenvalue weighted by Crippen LogP contribution is -2.49. The Morgan fingerprint density at radius 2 is 2.00 bits per heavy atom. The van der Waals surface area contributed by atoms with Crippen LogP contribution in [0.4, 0.5) is 0 Å². The third kappa shape index (κ3) is 2.35. The molecular weight excluding hydrogens is 208 g/mol. The Labute approximate surface area is 103 Å². The second kappa shape index (κ2) is 4.50. The first-order chi connectivity index (χ1) is 8.33. The molecule has 3 fully saturated rings. The van der Waals surface area contributed by atoms with E-state index in [0.29, 0.717) is 0 Å². The van der Waals surface area contributed by atoms with Gasteiger partial charge in [-0.05, 0) is 48.8 Å². The highest BCUT2D eigenvalue weighted by atomic mass is 15.1. The van der Waals surface area contributed by atoms with Gasteiger partial charge in [0.25, 0.3) is 0 Å². The molecule has 0 unspecified atom stereocenters. The summed E-state index contributed by atoms with van der Waals surface area (Å²) in [5.74, 6) is 1.97. The maximum absolute atomic E-state index is 8.86. The van der Waals surface area contributed by atoms with E-state index >= 15 is 0 Å². The molecule has 0 radical (unpaired) electrons. The van der Waals surface area contributed by atoms with Crippen molar-refractivity contribution in [1.29, 1.82) is 5.26 Å². The van der Waals surface area contributed by atoms with Crippen LogP contribution >= 0.6 is 0 Å². The van der Waals surface area contributed by atoms with Crippen LogP contribution in [0.15, 0.2) is 24.3 Å². The van der Waals surface area contributed by atoms with Gasteiger partial charge in [0, 0.05) is 19.6 Å². The van der Waals surface area contributed by atoms with Gasteiger partial charge in [-0.3, -0.25) is 0 Å². The summed E-state index contributed by atoms with van der Waals surface area (Å²) < 4.78 is 0. The number of rotatable bonds is 3. The van der Waals surface area contributed by atoms with Crippen LogP contribution < -0.4 is 0 Å². The molecule has 0 N–H and O–H groups in total. The second-order valence-corrected chi connectivity index (χ2v) is 5.53. The quantitative estimate of drug-likeness (QED) is 0.791. The molecule has 0 aromatic heterocycles. The average Bonchev–Trinajstić information content (AvgIpc) is 2.36. The van der Waals surface area contributed by atoms with E-state index in [0.717, 1.165) is 30.4 Å². The molecule has 0 atom stereocenters. The van der Waals surface area contributed by atoms with Gasteiger partial charge in [-0.25, -0.2) is 0 Å². The lowest BCUT2D eigenvalue weighted by Gasteiger charge is -2.47. The smallest absolute Gasteiger partial charge is 0.0991 e. The number of piperidine rings is 2. The molecule has 1 saturated carbocycles. The van der Waals surface area contributed by atoms with Gasteiger partial charge < -0.3 is 4.90 Å². The van der Waals surface area contributed by atoms with Crippen molar-refractivity contribution in [1.82, 2.24) is 4.90 Å². The number of fused-ring (bicyclic) bond motifs is 2. The molecular formula is C15H18N2. The summed E-state index contributed by atoms with van der Waals surface area (Å²) in [6.07, 6.45) is 4.02. The molecule has 1 aliphatic carbocycles. The Hall–Kier alpha value is -1.33. The van der Waals surface area contributed by atoms with E-state index in [9.17, 15) is 0 Å². The highest BCUT2D eigenvalue weighted by Crippen LogP contribution is 2.39. The fraction of sp³-hybridized carbons (Fsp3) is 0.533. The molecule has 2 heterocycles. The number of hydrogen-bond acceptors (Lipinski definition) is 2. The molecule has 17 heavy (non-hydrogen) atoms. The highest BCUT2D eigenvalue weighted by Gasteiger charge is 2.36. The zero-order chi connectivity index (χ0) is 11.7. The topological polar surface area (TPSA) is 27.0 Å². The van der Waals surface area contributed by atoms with Gasteiger partial charge in [-0.1, -0.05) is 12.1 Å². The molecule has 1 aromatic carbocycles. The SMILES string of the molecule is N#Cc1cccc(CCN2CC3CC(C3)C2)c1. The van der Waals surface area contributed by atoms with Gasteiger partial charge in [-0.15, -0.1) is 0 Å². The van der Waals surface area contributed by atoms with Crippen LogP contribution in [0.1, 0.15) is 24.0 Å². The summed E-state index contributed by atoms with van der Waals surface area (Å²) in [6.45, 7) is 3.75. The van der Waals surface area contributed by atoms with E-state index in [1.54, 1.807) is 0 Å². The van der Waals surface area contributed by atoms with Crippen LogP contribution in [0, 0.1) is 23.2 Å². The van der Waals surface area contributed by atoms with Crippen molar-refractivity contribution in [2.75, 3.05) is 19.6 Å². The lowest BCUT2D eigenvalue weighted by molar-refractivity contribution is 0.0284. The van der Waals surface area contributed by atoms with Crippen LogP contribution in [-0.2, 0) is 6.42 Å². The normalized spacial score (nSPS) is 27.2. The maximum atomic E-state index is 8.86. The number of hydrogen-bond donors (Lipinski definition) is 0.